The third-order valence-electron chi connectivity index (χ3n) is 2.60. The Morgan fingerprint density at radius 3 is 2.75 bits per heavy atom. The van der Waals surface area contributed by atoms with E-state index in [1.807, 2.05) is 18.2 Å². The number of fused-ring (bicyclic) bond motifs is 1. The summed E-state index contributed by atoms with van der Waals surface area (Å²) in [5, 5.41) is 1.16. The van der Waals surface area contributed by atoms with Crippen molar-refractivity contribution in [2.24, 2.45) is 5.73 Å². The van der Waals surface area contributed by atoms with E-state index >= 15 is 0 Å². The average Bonchev–Trinajstić information content (AvgIpc) is 2.59. The predicted molar refractivity (Wildman–Crippen MR) is 70.0 cm³/mol. The van der Waals surface area contributed by atoms with E-state index in [1.54, 1.807) is 0 Å². The van der Waals surface area contributed by atoms with Gasteiger partial charge in [0, 0.05) is 17.8 Å². The second kappa shape index (κ2) is 5.92. The maximum absolute atomic E-state index is 5.98. The van der Waals surface area contributed by atoms with E-state index in [2.05, 4.69) is 19.1 Å². The first-order valence-corrected chi connectivity index (χ1v) is 5.52. The Morgan fingerprint density at radius 2 is 2.06 bits per heavy atom. The molecule has 0 saturated heterocycles. The number of para-hydroxylation sites is 1. The van der Waals surface area contributed by atoms with Crippen LogP contribution in [0.5, 0.6) is 0 Å². The second-order valence-corrected chi connectivity index (χ2v) is 4.00. The van der Waals surface area contributed by atoms with Crippen molar-refractivity contribution in [1.29, 1.82) is 0 Å². The lowest BCUT2D eigenvalue weighted by atomic mass is 10.1. The zero-order chi connectivity index (χ0) is 10.7. The summed E-state index contributed by atoms with van der Waals surface area (Å²) in [4.78, 5) is 0. The van der Waals surface area contributed by atoms with E-state index in [1.165, 1.54) is 0 Å². The summed E-state index contributed by atoms with van der Waals surface area (Å²) in [6, 6.07) is 10.4. The highest BCUT2D eigenvalue weighted by atomic mass is 35.5. The van der Waals surface area contributed by atoms with Gasteiger partial charge in [-0.25, -0.2) is 0 Å². The highest BCUT2D eigenvalue weighted by molar-refractivity contribution is 5.85. The molecule has 2 N–H and O–H groups in total. The van der Waals surface area contributed by atoms with E-state index in [-0.39, 0.29) is 18.4 Å². The Balaban J connectivity index is 0.00000128. The van der Waals surface area contributed by atoms with Crippen LogP contribution in [-0.2, 0) is 6.42 Å². The largest absolute Gasteiger partial charge is 0.461 e. The van der Waals surface area contributed by atoms with Gasteiger partial charge in [-0.1, -0.05) is 31.5 Å². The molecule has 0 amide bonds. The fraction of sp³-hybridized carbons (Fsp3) is 0.385. The van der Waals surface area contributed by atoms with Crippen LogP contribution in [0.15, 0.2) is 34.7 Å². The molecule has 1 aromatic carbocycles. The van der Waals surface area contributed by atoms with Gasteiger partial charge < -0.3 is 10.2 Å². The van der Waals surface area contributed by atoms with Gasteiger partial charge in [0.05, 0.1) is 0 Å². The molecule has 1 aromatic heterocycles. The summed E-state index contributed by atoms with van der Waals surface area (Å²) in [5.74, 6) is 0.997. The molecular formula is C13H18ClNO. The topological polar surface area (TPSA) is 39.2 Å². The molecule has 0 aliphatic rings. The van der Waals surface area contributed by atoms with Crippen LogP contribution in [0.2, 0.25) is 0 Å². The van der Waals surface area contributed by atoms with Gasteiger partial charge in [0.25, 0.3) is 0 Å². The Labute approximate surface area is 102 Å². The summed E-state index contributed by atoms with van der Waals surface area (Å²) >= 11 is 0. The first-order chi connectivity index (χ1) is 7.29. The first-order valence-electron chi connectivity index (χ1n) is 5.52. The molecule has 0 spiro atoms. The molecule has 0 unspecified atom stereocenters. The average molecular weight is 240 g/mol. The highest BCUT2D eigenvalue weighted by Crippen LogP contribution is 2.20. The highest BCUT2D eigenvalue weighted by Gasteiger charge is 2.07. The molecule has 0 bridgehead atoms. The van der Waals surface area contributed by atoms with E-state index < -0.39 is 0 Å². The van der Waals surface area contributed by atoms with E-state index in [9.17, 15) is 0 Å². The minimum atomic E-state index is 0. The molecule has 0 radical (unpaired) electrons. The molecule has 2 aromatic rings. The first kappa shape index (κ1) is 13.1. The molecule has 2 nitrogen and oxygen atoms in total. The van der Waals surface area contributed by atoms with Gasteiger partial charge >= 0.3 is 0 Å². The lowest BCUT2D eigenvalue weighted by Crippen LogP contribution is -2.21. The van der Waals surface area contributed by atoms with Crippen LogP contribution in [0.3, 0.4) is 0 Å². The van der Waals surface area contributed by atoms with Crippen molar-refractivity contribution in [3.63, 3.8) is 0 Å². The van der Waals surface area contributed by atoms with E-state index in [0.717, 1.165) is 36.0 Å². The molecule has 1 atom stereocenters. The van der Waals surface area contributed by atoms with Crippen molar-refractivity contribution in [1.82, 2.24) is 0 Å². The van der Waals surface area contributed by atoms with Gasteiger partial charge in [0.15, 0.2) is 0 Å². The minimum absolute atomic E-state index is 0. The maximum atomic E-state index is 5.98. The molecule has 0 aliphatic heterocycles. The molecule has 16 heavy (non-hydrogen) atoms. The number of benzene rings is 1. The quantitative estimate of drug-likeness (QED) is 0.887. The van der Waals surface area contributed by atoms with Crippen LogP contribution < -0.4 is 5.73 Å². The number of hydrogen-bond donors (Lipinski definition) is 1. The van der Waals surface area contributed by atoms with Gasteiger partial charge in [-0.2, -0.15) is 0 Å². The Morgan fingerprint density at radius 1 is 1.31 bits per heavy atom. The maximum Gasteiger partial charge on any atom is 0.134 e. The van der Waals surface area contributed by atoms with Gasteiger partial charge in [-0.3, -0.25) is 0 Å². The van der Waals surface area contributed by atoms with Crippen molar-refractivity contribution in [3.8, 4) is 0 Å². The lowest BCUT2D eigenvalue weighted by molar-refractivity contribution is 0.497. The Kier molecular flexibility index (Phi) is 4.84. The summed E-state index contributed by atoms with van der Waals surface area (Å²) < 4.78 is 5.71. The monoisotopic (exact) mass is 239 g/mol. The predicted octanol–water partition coefficient (Wildman–Crippen LogP) is 3.52. The Hall–Kier alpha value is -0.990. The standard InChI is InChI=1S/C13H17NO.ClH/c1-2-5-11(14)9-12-8-10-6-3-4-7-13(10)15-12;/h3-4,6-8,11H,2,5,9,14H2,1H3;1H/t11-;/m1./s1. The molecule has 88 valence electrons. The summed E-state index contributed by atoms with van der Waals surface area (Å²) in [7, 11) is 0. The SMILES string of the molecule is CCC[C@@H](N)Cc1cc2ccccc2o1.Cl. The fourth-order valence-corrected chi connectivity index (χ4v) is 1.87. The number of halogens is 1. The zero-order valence-corrected chi connectivity index (χ0v) is 10.3. The van der Waals surface area contributed by atoms with E-state index in [0.29, 0.717) is 0 Å². The second-order valence-electron chi connectivity index (χ2n) is 4.00. The smallest absolute Gasteiger partial charge is 0.134 e. The summed E-state index contributed by atoms with van der Waals surface area (Å²) in [5.41, 5.74) is 6.93. The van der Waals surface area contributed by atoms with Crippen LogP contribution in [-0.4, -0.2) is 6.04 Å². The van der Waals surface area contributed by atoms with Crippen LogP contribution in [0.4, 0.5) is 0 Å². The third-order valence-corrected chi connectivity index (χ3v) is 2.60. The van der Waals surface area contributed by atoms with Crippen LogP contribution in [0.1, 0.15) is 25.5 Å². The number of hydrogen-bond acceptors (Lipinski definition) is 2. The van der Waals surface area contributed by atoms with Crippen molar-refractivity contribution in [2.45, 2.75) is 32.2 Å². The Bertz CT molecular complexity index is 405. The number of nitrogens with two attached hydrogens (primary N) is 1. The molecule has 1 heterocycles. The van der Waals surface area contributed by atoms with Crippen LogP contribution >= 0.6 is 12.4 Å². The molecular weight excluding hydrogens is 222 g/mol. The minimum Gasteiger partial charge on any atom is -0.461 e. The van der Waals surface area contributed by atoms with E-state index in [4.69, 9.17) is 10.2 Å². The van der Waals surface area contributed by atoms with Gasteiger partial charge in [0.1, 0.15) is 11.3 Å². The molecule has 0 saturated carbocycles. The fourth-order valence-electron chi connectivity index (χ4n) is 1.87. The van der Waals surface area contributed by atoms with Crippen molar-refractivity contribution < 1.29 is 4.42 Å². The number of furan rings is 1. The van der Waals surface area contributed by atoms with Gasteiger partial charge in [0.2, 0.25) is 0 Å². The lowest BCUT2D eigenvalue weighted by Gasteiger charge is -2.06. The molecule has 2 rings (SSSR count). The summed E-state index contributed by atoms with van der Waals surface area (Å²) in [6.07, 6.45) is 3.01. The molecule has 0 aliphatic carbocycles. The third kappa shape index (κ3) is 3.00. The normalized spacial score (nSPS) is 12.4. The van der Waals surface area contributed by atoms with Gasteiger partial charge in [-0.15, -0.1) is 12.4 Å². The molecule has 0 fully saturated rings. The van der Waals surface area contributed by atoms with Crippen molar-refractivity contribution >= 4 is 23.4 Å². The van der Waals surface area contributed by atoms with Crippen molar-refractivity contribution in [2.75, 3.05) is 0 Å². The van der Waals surface area contributed by atoms with Gasteiger partial charge in [-0.05, 0) is 18.6 Å². The zero-order valence-electron chi connectivity index (χ0n) is 9.48. The van der Waals surface area contributed by atoms with Crippen LogP contribution in [0.25, 0.3) is 11.0 Å². The van der Waals surface area contributed by atoms with Crippen LogP contribution in [0, 0.1) is 0 Å². The number of rotatable bonds is 4. The summed E-state index contributed by atoms with van der Waals surface area (Å²) in [6.45, 7) is 2.15. The van der Waals surface area contributed by atoms with Crippen molar-refractivity contribution in [3.05, 3.63) is 36.1 Å². The molecule has 3 heteroatoms.